The number of allylic oxidation sites excluding steroid dienone is 17. The molecule has 218 valence electrons. The molecule has 0 nitrogen and oxygen atoms in total. The summed E-state index contributed by atoms with van der Waals surface area (Å²) in [4.78, 5) is 0. The summed E-state index contributed by atoms with van der Waals surface area (Å²) >= 11 is 0. The van der Waals surface area contributed by atoms with Gasteiger partial charge in [-0.2, -0.15) is 0 Å². The van der Waals surface area contributed by atoms with Gasteiger partial charge in [0.1, 0.15) is 0 Å². The maximum Gasteiger partial charge on any atom is 0.0715 e. The van der Waals surface area contributed by atoms with E-state index in [0.717, 1.165) is 22.3 Å². The van der Waals surface area contributed by atoms with Gasteiger partial charge in [0.05, 0.1) is 5.41 Å². The van der Waals surface area contributed by atoms with Crippen molar-refractivity contribution in [2.45, 2.75) is 60.8 Å². The molecule has 1 atom stereocenters. The lowest BCUT2D eigenvalue weighted by atomic mass is 9.63. The minimum absolute atomic E-state index is 0.293. The predicted molar refractivity (Wildman–Crippen MR) is 189 cm³/mol. The fourth-order valence-corrected chi connectivity index (χ4v) is 5.69. The van der Waals surface area contributed by atoms with Crippen molar-refractivity contribution in [3.63, 3.8) is 0 Å². The van der Waals surface area contributed by atoms with Crippen molar-refractivity contribution in [2.24, 2.45) is 5.92 Å². The maximum absolute atomic E-state index is 4.49. The van der Waals surface area contributed by atoms with Gasteiger partial charge < -0.3 is 0 Å². The van der Waals surface area contributed by atoms with Gasteiger partial charge in [0.25, 0.3) is 0 Å². The molecule has 2 aromatic rings. The average molecular weight is 555 g/mol. The van der Waals surface area contributed by atoms with Gasteiger partial charge in [-0.3, -0.25) is 0 Å². The Hall–Kier alpha value is -4.16. The summed E-state index contributed by atoms with van der Waals surface area (Å²) in [5.41, 5.74) is 11.1. The summed E-state index contributed by atoms with van der Waals surface area (Å²) in [6.45, 7) is 29.8. The first-order valence-corrected chi connectivity index (χ1v) is 15.3. The smallest absolute Gasteiger partial charge is 0.0715 e. The van der Waals surface area contributed by atoms with Gasteiger partial charge in [-0.05, 0) is 82.4 Å². The van der Waals surface area contributed by atoms with E-state index in [1.807, 2.05) is 33.8 Å². The second-order valence-electron chi connectivity index (χ2n) is 10.1. The Bertz CT molecular complexity index is 1420. The number of hydrogen-bond acceptors (Lipinski definition) is 0. The molecule has 0 fully saturated rings. The molecule has 2 aromatic carbocycles. The molecule has 0 saturated carbocycles. The molecule has 0 spiro atoms. The quantitative estimate of drug-likeness (QED) is 0.345. The van der Waals surface area contributed by atoms with Crippen LogP contribution in [0.2, 0.25) is 0 Å². The lowest BCUT2D eigenvalue weighted by molar-refractivity contribution is 0.744. The lowest BCUT2D eigenvalue weighted by Gasteiger charge is -2.38. The number of benzene rings is 2. The van der Waals surface area contributed by atoms with Gasteiger partial charge in [-0.1, -0.05) is 170 Å². The van der Waals surface area contributed by atoms with Crippen LogP contribution in [0.4, 0.5) is 0 Å². The van der Waals surface area contributed by atoms with Gasteiger partial charge in [0.2, 0.25) is 0 Å². The molecule has 0 amide bonds. The Morgan fingerprint density at radius 1 is 0.714 bits per heavy atom. The second-order valence-corrected chi connectivity index (χ2v) is 10.1. The van der Waals surface area contributed by atoms with Gasteiger partial charge >= 0.3 is 0 Å². The van der Waals surface area contributed by atoms with E-state index in [1.54, 1.807) is 0 Å². The molecule has 42 heavy (non-hydrogen) atoms. The summed E-state index contributed by atoms with van der Waals surface area (Å²) in [7, 11) is 0. The summed E-state index contributed by atoms with van der Waals surface area (Å²) in [6, 6.07) is 21.7. The molecule has 0 heteroatoms. The standard InChI is InChI=1S/C38H38.2C2H6/c1-8-16-36-34(9-2)31(7)37(35-26-24-28(4)22-21-27(3)23-25-29(5)30(35)6)38(36,32-17-12-10-13-18-32)33-19-14-11-15-20-33;2*1-2/h8-27H,2,4-5H2,1,3,6-7H3;2*1-2H3/b16-8-,22-21-,25-23-,26-24-,35-30+;;. The van der Waals surface area contributed by atoms with E-state index in [1.165, 1.54) is 33.4 Å². The Morgan fingerprint density at radius 2 is 1.24 bits per heavy atom. The minimum atomic E-state index is -0.530. The first kappa shape index (κ1) is 34.0. The van der Waals surface area contributed by atoms with E-state index in [0.29, 0.717) is 5.92 Å². The number of hydrogen-bond donors (Lipinski definition) is 0. The summed E-state index contributed by atoms with van der Waals surface area (Å²) < 4.78 is 0. The van der Waals surface area contributed by atoms with Crippen LogP contribution in [0.3, 0.4) is 0 Å². The van der Waals surface area contributed by atoms with Crippen molar-refractivity contribution in [1.82, 2.24) is 0 Å². The van der Waals surface area contributed by atoms with Crippen molar-refractivity contribution in [1.29, 1.82) is 0 Å². The van der Waals surface area contributed by atoms with Crippen LogP contribution in [0.1, 0.15) is 66.5 Å². The maximum atomic E-state index is 4.49. The molecule has 1 unspecified atom stereocenters. The topological polar surface area (TPSA) is 0 Å². The zero-order valence-corrected chi connectivity index (χ0v) is 27.2. The van der Waals surface area contributed by atoms with E-state index in [-0.39, 0.29) is 0 Å². The van der Waals surface area contributed by atoms with E-state index < -0.39 is 5.41 Å². The van der Waals surface area contributed by atoms with Crippen LogP contribution in [0, 0.1) is 5.92 Å². The molecule has 2 aliphatic rings. The SMILES string of the molecule is C=CC1=C(/C=C\C)C(c2ccccc2)(c2ccccc2)C(C2=C(\C)C(=C)/C=C\C(C)/C=C\C(=C)/C=C\2)=C1C.CC.CC. The third-order valence-corrected chi connectivity index (χ3v) is 7.63. The van der Waals surface area contributed by atoms with Gasteiger partial charge in [0, 0.05) is 0 Å². The van der Waals surface area contributed by atoms with Crippen LogP contribution >= 0.6 is 0 Å². The molecular formula is C42H50. The van der Waals surface area contributed by atoms with E-state index in [4.69, 9.17) is 0 Å². The second kappa shape index (κ2) is 16.3. The van der Waals surface area contributed by atoms with Crippen molar-refractivity contribution in [3.8, 4) is 0 Å². The highest BCUT2D eigenvalue weighted by molar-refractivity contribution is 5.78. The van der Waals surface area contributed by atoms with Crippen LogP contribution in [-0.2, 0) is 5.41 Å². The van der Waals surface area contributed by atoms with E-state index >= 15 is 0 Å². The Labute approximate surface area is 257 Å². The van der Waals surface area contributed by atoms with Crippen LogP contribution in [0.25, 0.3) is 0 Å². The van der Waals surface area contributed by atoms with Crippen LogP contribution in [0.5, 0.6) is 0 Å². The molecule has 0 bridgehead atoms. The molecule has 0 aromatic heterocycles. The Kier molecular flexibility index (Phi) is 13.2. The van der Waals surface area contributed by atoms with Crippen molar-refractivity contribution in [3.05, 3.63) is 191 Å². The third kappa shape index (κ3) is 6.82. The van der Waals surface area contributed by atoms with Crippen LogP contribution < -0.4 is 0 Å². The zero-order chi connectivity index (χ0) is 31.3. The number of rotatable bonds is 5. The highest BCUT2D eigenvalue weighted by Crippen LogP contribution is 2.57. The lowest BCUT2D eigenvalue weighted by Crippen LogP contribution is -2.31. The Morgan fingerprint density at radius 3 is 1.74 bits per heavy atom. The molecule has 2 aliphatic carbocycles. The first-order valence-electron chi connectivity index (χ1n) is 15.3. The van der Waals surface area contributed by atoms with Crippen LogP contribution in [-0.4, -0.2) is 0 Å². The normalized spacial score (nSPS) is 22.4. The predicted octanol–water partition coefficient (Wildman–Crippen LogP) is 12.2. The average Bonchev–Trinajstić information content (AvgIpc) is 3.28. The van der Waals surface area contributed by atoms with Crippen molar-refractivity contribution in [2.75, 3.05) is 0 Å². The Balaban J connectivity index is 0.00000148. The highest BCUT2D eigenvalue weighted by Gasteiger charge is 2.48. The van der Waals surface area contributed by atoms with Gasteiger partial charge in [-0.15, -0.1) is 0 Å². The van der Waals surface area contributed by atoms with Gasteiger partial charge in [-0.25, -0.2) is 0 Å². The van der Waals surface area contributed by atoms with E-state index in [2.05, 4.69) is 157 Å². The largest absolute Gasteiger partial charge is 0.0984 e. The van der Waals surface area contributed by atoms with E-state index in [9.17, 15) is 0 Å². The zero-order valence-electron chi connectivity index (χ0n) is 27.2. The van der Waals surface area contributed by atoms with Crippen molar-refractivity contribution < 1.29 is 0 Å². The molecule has 0 heterocycles. The summed E-state index contributed by atoms with van der Waals surface area (Å²) in [6.07, 6.45) is 19.4. The molecule has 0 saturated heterocycles. The third-order valence-electron chi connectivity index (χ3n) is 7.63. The van der Waals surface area contributed by atoms with Crippen LogP contribution in [0.15, 0.2) is 180 Å². The molecule has 0 aliphatic heterocycles. The summed E-state index contributed by atoms with van der Waals surface area (Å²) in [5.74, 6) is 0.293. The highest BCUT2D eigenvalue weighted by atomic mass is 14.5. The molecule has 4 rings (SSSR count). The minimum Gasteiger partial charge on any atom is -0.0984 e. The molecule has 0 radical (unpaired) electrons. The fourth-order valence-electron chi connectivity index (χ4n) is 5.69. The monoisotopic (exact) mass is 554 g/mol. The molecule has 0 N–H and O–H groups in total. The molecular weight excluding hydrogens is 504 g/mol. The summed E-state index contributed by atoms with van der Waals surface area (Å²) in [5, 5.41) is 0. The fraction of sp³-hybridized carbons (Fsp3) is 0.238. The first-order chi connectivity index (χ1) is 20.4. The van der Waals surface area contributed by atoms with Gasteiger partial charge in [0.15, 0.2) is 0 Å². The van der Waals surface area contributed by atoms with Crippen molar-refractivity contribution >= 4 is 0 Å².